The van der Waals surface area contributed by atoms with Crippen molar-refractivity contribution in [3.8, 4) is 5.75 Å². The number of nitrogens with one attached hydrogen (secondary N) is 1. The highest BCUT2D eigenvalue weighted by Gasteiger charge is 2.31. The lowest BCUT2D eigenvalue weighted by molar-refractivity contribution is 0.0378. The quantitative estimate of drug-likeness (QED) is 0.372. The Labute approximate surface area is 223 Å². The van der Waals surface area contributed by atoms with E-state index in [1.54, 1.807) is 30.5 Å². The molecule has 200 valence electrons. The number of hydrogen-bond donors (Lipinski definition) is 1. The van der Waals surface area contributed by atoms with Gasteiger partial charge in [-0.05, 0) is 74.7 Å². The maximum Gasteiger partial charge on any atom is 0.342 e. The molecule has 8 nitrogen and oxygen atoms in total. The van der Waals surface area contributed by atoms with Gasteiger partial charge in [-0.3, -0.25) is 4.90 Å². The van der Waals surface area contributed by atoms with Gasteiger partial charge in [0.15, 0.2) is 0 Å². The molecule has 1 aliphatic heterocycles. The van der Waals surface area contributed by atoms with E-state index in [0.717, 1.165) is 30.8 Å². The number of pyridine rings is 1. The maximum absolute atomic E-state index is 12.5. The second kappa shape index (κ2) is 12.6. The molecular formula is C30H35N3O5. The highest BCUT2D eigenvalue weighted by molar-refractivity contribution is 5.94. The Morgan fingerprint density at radius 2 is 1.74 bits per heavy atom. The van der Waals surface area contributed by atoms with Crippen LogP contribution in [0, 0.1) is 0 Å². The van der Waals surface area contributed by atoms with Crippen molar-refractivity contribution in [1.29, 1.82) is 0 Å². The topological polar surface area (TPSA) is 90.0 Å². The third kappa shape index (κ3) is 6.89. The van der Waals surface area contributed by atoms with Gasteiger partial charge < -0.3 is 19.5 Å². The summed E-state index contributed by atoms with van der Waals surface area (Å²) in [4.78, 5) is 30.9. The number of carbonyl (C=O) groups excluding carboxylic acids is 2. The zero-order valence-corrected chi connectivity index (χ0v) is 22.3. The Morgan fingerprint density at radius 1 is 1.03 bits per heavy atom. The first kappa shape index (κ1) is 27.1. The minimum atomic E-state index is -0.362. The van der Waals surface area contributed by atoms with Crippen molar-refractivity contribution in [2.24, 2.45) is 0 Å². The lowest BCUT2D eigenvalue weighted by atomic mass is 10.1. The molecule has 1 N–H and O–H groups in total. The lowest BCUT2D eigenvalue weighted by Crippen LogP contribution is -2.36. The van der Waals surface area contributed by atoms with E-state index in [9.17, 15) is 9.59 Å². The molecule has 1 fully saturated rings. The smallest absolute Gasteiger partial charge is 0.342 e. The second-order valence-electron chi connectivity index (χ2n) is 9.73. The molecule has 4 rings (SSSR count). The van der Waals surface area contributed by atoms with Crippen LogP contribution in [-0.4, -0.2) is 53.7 Å². The minimum absolute atomic E-state index is 0.170. The second-order valence-corrected chi connectivity index (χ2v) is 9.73. The van der Waals surface area contributed by atoms with E-state index in [0.29, 0.717) is 23.6 Å². The Morgan fingerprint density at radius 3 is 2.42 bits per heavy atom. The third-order valence-electron chi connectivity index (χ3n) is 6.67. The number of esters is 2. The normalized spacial score (nSPS) is 17.3. The fourth-order valence-corrected chi connectivity index (χ4v) is 4.51. The average molecular weight is 518 g/mol. The zero-order chi connectivity index (χ0) is 27.1. The van der Waals surface area contributed by atoms with Gasteiger partial charge in [0.2, 0.25) is 0 Å². The van der Waals surface area contributed by atoms with Gasteiger partial charge in [-0.25, -0.2) is 14.6 Å². The summed E-state index contributed by atoms with van der Waals surface area (Å²) in [5, 5.41) is 3.48. The van der Waals surface area contributed by atoms with Crippen LogP contribution in [0.15, 0.2) is 66.9 Å². The predicted octanol–water partition coefficient (Wildman–Crippen LogP) is 5.09. The van der Waals surface area contributed by atoms with Crippen molar-refractivity contribution < 1.29 is 23.8 Å². The van der Waals surface area contributed by atoms with E-state index in [1.165, 1.54) is 12.7 Å². The fraction of sp³-hybridized carbons (Fsp3) is 0.367. The van der Waals surface area contributed by atoms with Crippen LogP contribution in [-0.2, 0) is 22.6 Å². The van der Waals surface area contributed by atoms with Gasteiger partial charge in [0.1, 0.15) is 23.7 Å². The Hall–Kier alpha value is -3.91. The van der Waals surface area contributed by atoms with Gasteiger partial charge in [0, 0.05) is 31.4 Å². The minimum Gasteiger partial charge on any atom is -0.489 e. The van der Waals surface area contributed by atoms with Crippen LogP contribution >= 0.6 is 0 Å². The van der Waals surface area contributed by atoms with Crippen LogP contribution in [0.3, 0.4) is 0 Å². The molecule has 0 bridgehead atoms. The molecule has 0 radical (unpaired) electrons. The van der Waals surface area contributed by atoms with Crippen LogP contribution in [0.5, 0.6) is 5.75 Å². The lowest BCUT2D eigenvalue weighted by Gasteiger charge is -2.26. The van der Waals surface area contributed by atoms with E-state index in [-0.39, 0.29) is 30.1 Å². The van der Waals surface area contributed by atoms with E-state index in [2.05, 4.69) is 34.3 Å². The molecule has 2 aromatic carbocycles. The molecule has 3 aromatic rings. The Balaban J connectivity index is 1.30. The summed E-state index contributed by atoms with van der Waals surface area (Å²) in [6.45, 7) is 8.04. The molecule has 0 aliphatic carbocycles. The molecule has 1 aromatic heterocycles. The van der Waals surface area contributed by atoms with E-state index in [1.807, 2.05) is 38.1 Å². The van der Waals surface area contributed by atoms with Crippen LogP contribution in [0.4, 0.5) is 5.82 Å². The highest BCUT2D eigenvalue weighted by atomic mass is 16.5. The van der Waals surface area contributed by atoms with Crippen molar-refractivity contribution in [1.82, 2.24) is 9.88 Å². The van der Waals surface area contributed by atoms with Gasteiger partial charge in [0.05, 0.1) is 18.8 Å². The van der Waals surface area contributed by atoms with Crippen LogP contribution in [0.2, 0.25) is 0 Å². The van der Waals surface area contributed by atoms with Crippen molar-refractivity contribution in [2.75, 3.05) is 19.0 Å². The number of rotatable bonds is 10. The summed E-state index contributed by atoms with van der Waals surface area (Å²) in [6, 6.07) is 19.3. The standard InChI is InChI=1S/C30H35N3O5/c1-20(2)38-30(35)26-6-5-16-31-28(26)32-27-15-17-33(21(27)3)18-22-9-13-25(14-10-22)37-19-23-7-11-24(12-8-23)29(34)36-4/h5-14,16,20-21,27H,15,17-19H2,1-4H3,(H,31,32)/t21?,27-/m1/s1. The third-order valence-corrected chi connectivity index (χ3v) is 6.67. The molecule has 0 amide bonds. The fourth-order valence-electron chi connectivity index (χ4n) is 4.51. The van der Waals surface area contributed by atoms with Gasteiger partial charge in [-0.15, -0.1) is 0 Å². The number of anilines is 1. The molecule has 38 heavy (non-hydrogen) atoms. The first-order valence-corrected chi connectivity index (χ1v) is 12.9. The predicted molar refractivity (Wildman–Crippen MR) is 145 cm³/mol. The molecule has 1 unspecified atom stereocenters. The molecule has 0 saturated carbocycles. The van der Waals surface area contributed by atoms with Crippen molar-refractivity contribution in [3.05, 3.63) is 89.1 Å². The van der Waals surface area contributed by atoms with E-state index < -0.39 is 0 Å². The van der Waals surface area contributed by atoms with Gasteiger partial charge in [-0.1, -0.05) is 24.3 Å². The van der Waals surface area contributed by atoms with Crippen LogP contribution < -0.4 is 10.1 Å². The number of carbonyl (C=O) groups is 2. The summed E-state index contributed by atoms with van der Waals surface area (Å²) in [7, 11) is 1.37. The van der Waals surface area contributed by atoms with Crippen molar-refractivity contribution >= 4 is 17.8 Å². The molecular weight excluding hydrogens is 482 g/mol. The highest BCUT2D eigenvalue weighted by Crippen LogP contribution is 2.26. The molecule has 1 saturated heterocycles. The van der Waals surface area contributed by atoms with Crippen molar-refractivity contribution in [2.45, 2.75) is 58.5 Å². The summed E-state index contributed by atoms with van der Waals surface area (Å²) < 4.78 is 16.0. The number of methoxy groups -OCH3 is 1. The molecule has 0 spiro atoms. The van der Waals surface area contributed by atoms with Crippen LogP contribution in [0.1, 0.15) is 59.0 Å². The Bertz CT molecular complexity index is 1230. The molecule has 2 atom stereocenters. The average Bonchev–Trinajstić information content (AvgIpc) is 3.26. The SMILES string of the molecule is COC(=O)c1ccc(COc2ccc(CN3CC[C@@H](Nc4ncccc4C(=O)OC(C)C)C3C)cc2)cc1. The summed E-state index contributed by atoms with van der Waals surface area (Å²) >= 11 is 0. The summed E-state index contributed by atoms with van der Waals surface area (Å²) in [6.07, 6.45) is 2.45. The van der Waals surface area contributed by atoms with E-state index in [4.69, 9.17) is 14.2 Å². The summed E-state index contributed by atoms with van der Waals surface area (Å²) in [5.41, 5.74) is 3.15. The number of likely N-dealkylation sites (tertiary alicyclic amines) is 1. The molecule has 8 heteroatoms. The van der Waals surface area contributed by atoms with Gasteiger partial charge in [-0.2, -0.15) is 0 Å². The number of nitrogens with zero attached hydrogens (tertiary/aromatic N) is 2. The molecule has 2 heterocycles. The first-order chi connectivity index (χ1) is 18.3. The van der Waals surface area contributed by atoms with Crippen LogP contribution in [0.25, 0.3) is 0 Å². The zero-order valence-electron chi connectivity index (χ0n) is 22.3. The van der Waals surface area contributed by atoms with E-state index >= 15 is 0 Å². The van der Waals surface area contributed by atoms with Crippen molar-refractivity contribution in [3.63, 3.8) is 0 Å². The van der Waals surface area contributed by atoms with Gasteiger partial charge in [0.25, 0.3) is 0 Å². The largest absolute Gasteiger partial charge is 0.489 e. The monoisotopic (exact) mass is 517 g/mol. The number of hydrogen-bond acceptors (Lipinski definition) is 8. The summed E-state index contributed by atoms with van der Waals surface area (Å²) in [5.74, 6) is 0.642. The number of aromatic nitrogens is 1. The number of benzene rings is 2. The first-order valence-electron chi connectivity index (χ1n) is 12.9. The maximum atomic E-state index is 12.5. The van der Waals surface area contributed by atoms with Gasteiger partial charge >= 0.3 is 11.9 Å². The Kier molecular flexibility index (Phi) is 8.97. The molecule has 1 aliphatic rings. The number of ether oxygens (including phenoxy) is 3.